The largest absolute Gasteiger partial charge is 0.489 e. The summed E-state index contributed by atoms with van der Waals surface area (Å²) in [6.07, 6.45) is 1.93. The molecule has 1 N–H and O–H groups in total. The molecule has 3 aromatic rings. The van der Waals surface area contributed by atoms with Gasteiger partial charge in [-0.1, -0.05) is 46.3 Å². The number of amides is 1. The second-order valence-corrected chi connectivity index (χ2v) is 7.79. The third-order valence-electron chi connectivity index (χ3n) is 4.54. The van der Waals surface area contributed by atoms with Crippen molar-refractivity contribution >= 4 is 28.1 Å². The maximum Gasteiger partial charge on any atom is 0.244 e. The minimum absolute atomic E-state index is 0.140. The van der Waals surface area contributed by atoms with Gasteiger partial charge in [-0.15, -0.1) is 0 Å². The number of nitrogens with one attached hydrogen (secondary N) is 1. The first-order valence-corrected chi connectivity index (χ1v) is 10.1. The molecule has 0 aliphatic heterocycles. The second-order valence-electron chi connectivity index (χ2n) is 6.87. The highest BCUT2D eigenvalue weighted by Crippen LogP contribution is 2.15. The number of rotatable bonds is 7. The number of carbonyl (C=O) groups is 1. The molecular weight excluding hydrogens is 428 g/mol. The predicted octanol–water partition coefficient (Wildman–Crippen LogP) is 5.34. The zero-order valence-electron chi connectivity index (χ0n) is 16.5. The molecule has 0 unspecified atom stereocenters. The Morgan fingerprint density at radius 3 is 2.34 bits per heavy atom. The van der Waals surface area contributed by atoms with E-state index in [2.05, 4.69) is 33.4 Å². The van der Waals surface area contributed by atoms with Crippen molar-refractivity contribution in [2.45, 2.75) is 26.9 Å². The minimum atomic E-state index is -0.140. The Hall–Kier alpha value is -2.92. The zero-order chi connectivity index (χ0) is 20.6. The summed E-state index contributed by atoms with van der Waals surface area (Å²) in [6, 6.07) is 21.6. The summed E-state index contributed by atoms with van der Waals surface area (Å²) in [5.74, 6) is 0.641. The highest BCUT2D eigenvalue weighted by molar-refractivity contribution is 9.10. The average Bonchev–Trinajstić information content (AvgIpc) is 2.71. The molecule has 0 spiro atoms. The van der Waals surface area contributed by atoms with Crippen molar-refractivity contribution in [3.8, 4) is 5.75 Å². The van der Waals surface area contributed by atoms with Crippen molar-refractivity contribution in [1.29, 1.82) is 0 Å². The lowest BCUT2D eigenvalue weighted by molar-refractivity contribution is -0.120. The molecule has 0 aliphatic rings. The van der Waals surface area contributed by atoms with Crippen LogP contribution in [0.1, 0.15) is 27.8 Å². The lowest BCUT2D eigenvalue weighted by Crippen LogP contribution is -2.19. The van der Waals surface area contributed by atoms with Crippen molar-refractivity contribution in [3.05, 3.63) is 99.0 Å². The quantitative estimate of drug-likeness (QED) is 0.390. The third kappa shape index (κ3) is 6.57. The smallest absolute Gasteiger partial charge is 0.244 e. The number of hydrogen-bond donors (Lipinski definition) is 1. The number of halogens is 1. The molecular formula is C24H23BrN2O2. The molecule has 3 rings (SSSR count). The fourth-order valence-electron chi connectivity index (χ4n) is 2.71. The summed E-state index contributed by atoms with van der Waals surface area (Å²) < 4.78 is 6.83. The first-order valence-electron chi connectivity index (χ1n) is 9.35. The molecule has 0 fully saturated rings. The third-order valence-corrected chi connectivity index (χ3v) is 5.07. The van der Waals surface area contributed by atoms with E-state index in [9.17, 15) is 4.79 Å². The normalized spacial score (nSPS) is 10.9. The van der Waals surface area contributed by atoms with Crippen LogP contribution in [0, 0.1) is 13.8 Å². The van der Waals surface area contributed by atoms with Crippen LogP contribution >= 0.6 is 15.9 Å². The van der Waals surface area contributed by atoms with E-state index < -0.39 is 0 Å². The van der Waals surface area contributed by atoms with Crippen molar-refractivity contribution in [2.75, 3.05) is 0 Å². The van der Waals surface area contributed by atoms with Gasteiger partial charge >= 0.3 is 0 Å². The van der Waals surface area contributed by atoms with Crippen LogP contribution in [-0.4, -0.2) is 12.1 Å². The Balaban J connectivity index is 1.47. The van der Waals surface area contributed by atoms with Crippen LogP contribution in [0.25, 0.3) is 0 Å². The van der Waals surface area contributed by atoms with Crippen LogP contribution in [-0.2, 0) is 17.8 Å². The van der Waals surface area contributed by atoms with Gasteiger partial charge in [-0.05, 0) is 78.1 Å². The second kappa shape index (κ2) is 10.0. The lowest BCUT2D eigenvalue weighted by atomic mass is 10.0. The predicted molar refractivity (Wildman–Crippen MR) is 120 cm³/mol. The van der Waals surface area contributed by atoms with Crippen molar-refractivity contribution in [1.82, 2.24) is 5.43 Å². The summed E-state index contributed by atoms with van der Waals surface area (Å²) in [4.78, 5) is 12.0. The molecule has 0 heterocycles. The van der Waals surface area contributed by atoms with Crippen LogP contribution in [0.4, 0.5) is 0 Å². The summed E-state index contributed by atoms with van der Waals surface area (Å²) in [5, 5.41) is 4.04. The minimum Gasteiger partial charge on any atom is -0.489 e. The van der Waals surface area contributed by atoms with Gasteiger partial charge in [-0.3, -0.25) is 4.79 Å². The van der Waals surface area contributed by atoms with E-state index in [1.807, 2.05) is 73.7 Å². The van der Waals surface area contributed by atoms with Gasteiger partial charge in [0.15, 0.2) is 0 Å². The van der Waals surface area contributed by atoms with Crippen LogP contribution in [0.2, 0.25) is 0 Å². The van der Waals surface area contributed by atoms with Crippen molar-refractivity contribution in [2.24, 2.45) is 5.10 Å². The van der Waals surface area contributed by atoms with Gasteiger partial charge in [0.1, 0.15) is 12.4 Å². The molecule has 5 heteroatoms. The van der Waals surface area contributed by atoms with Gasteiger partial charge < -0.3 is 4.74 Å². The van der Waals surface area contributed by atoms with E-state index in [1.54, 1.807) is 6.21 Å². The van der Waals surface area contributed by atoms with E-state index >= 15 is 0 Å². The zero-order valence-corrected chi connectivity index (χ0v) is 18.1. The van der Waals surface area contributed by atoms with Gasteiger partial charge in [-0.2, -0.15) is 5.10 Å². The van der Waals surface area contributed by atoms with Gasteiger partial charge in [0.25, 0.3) is 0 Å². The molecule has 0 bridgehead atoms. The van der Waals surface area contributed by atoms with E-state index in [0.29, 0.717) is 13.0 Å². The monoisotopic (exact) mass is 450 g/mol. The molecule has 0 saturated heterocycles. The van der Waals surface area contributed by atoms with Gasteiger partial charge in [0.05, 0.1) is 12.6 Å². The van der Waals surface area contributed by atoms with Gasteiger partial charge in [-0.25, -0.2) is 5.43 Å². The Morgan fingerprint density at radius 1 is 0.966 bits per heavy atom. The van der Waals surface area contributed by atoms with Crippen LogP contribution in [0.5, 0.6) is 5.75 Å². The lowest BCUT2D eigenvalue weighted by Gasteiger charge is -2.06. The Bertz CT molecular complexity index is 996. The topological polar surface area (TPSA) is 50.7 Å². The molecule has 29 heavy (non-hydrogen) atoms. The van der Waals surface area contributed by atoms with Gasteiger partial charge in [0.2, 0.25) is 5.91 Å². The molecule has 1 amide bonds. The van der Waals surface area contributed by atoms with Gasteiger partial charge in [0, 0.05) is 4.47 Å². The SMILES string of the molecule is Cc1ccc(CC(=O)N/N=C\c2ccc(OCc3ccc(Br)cc3)cc2)cc1C. The molecule has 0 aromatic heterocycles. The van der Waals surface area contributed by atoms with E-state index in [0.717, 1.165) is 26.9 Å². The fraction of sp³-hybridized carbons (Fsp3) is 0.167. The van der Waals surface area contributed by atoms with Crippen LogP contribution in [0.3, 0.4) is 0 Å². The maximum absolute atomic E-state index is 12.0. The molecule has 148 valence electrons. The maximum atomic E-state index is 12.0. The van der Waals surface area contributed by atoms with Crippen molar-refractivity contribution in [3.63, 3.8) is 0 Å². The number of benzene rings is 3. The van der Waals surface area contributed by atoms with E-state index in [1.165, 1.54) is 11.1 Å². The Morgan fingerprint density at radius 2 is 1.66 bits per heavy atom. The first kappa shape index (κ1) is 20.8. The molecule has 3 aromatic carbocycles. The number of hydrazone groups is 1. The number of carbonyl (C=O) groups excluding carboxylic acids is 1. The average molecular weight is 451 g/mol. The molecule has 0 radical (unpaired) electrons. The van der Waals surface area contributed by atoms with Crippen molar-refractivity contribution < 1.29 is 9.53 Å². The highest BCUT2D eigenvalue weighted by atomic mass is 79.9. The molecule has 0 saturated carbocycles. The summed E-state index contributed by atoms with van der Waals surface area (Å²) in [7, 11) is 0. The summed E-state index contributed by atoms with van der Waals surface area (Å²) >= 11 is 3.42. The number of ether oxygens (including phenoxy) is 1. The molecule has 4 nitrogen and oxygen atoms in total. The van der Waals surface area contributed by atoms with Crippen LogP contribution in [0.15, 0.2) is 76.3 Å². The molecule has 0 atom stereocenters. The molecule has 0 aliphatic carbocycles. The number of nitrogens with zero attached hydrogens (tertiary/aromatic N) is 1. The highest BCUT2D eigenvalue weighted by Gasteiger charge is 2.03. The standard InChI is InChI=1S/C24H23BrN2O2/c1-17-3-4-21(13-18(17)2)14-24(28)27-26-15-19-7-11-23(12-8-19)29-16-20-5-9-22(25)10-6-20/h3-13,15H,14,16H2,1-2H3,(H,27,28)/b26-15-. The number of aryl methyl sites for hydroxylation is 2. The summed E-state index contributed by atoms with van der Waals surface area (Å²) in [6.45, 7) is 4.61. The Kier molecular flexibility index (Phi) is 7.19. The summed E-state index contributed by atoms with van der Waals surface area (Å²) in [5.41, 5.74) is 7.94. The first-order chi connectivity index (χ1) is 14.0. The fourth-order valence-corrected chi connectivity index (χ4v) is 2.98. The Labute approximate surface area is 179 Å². The van der Waals surface area contributed by atoms with E-state index in [4.69, 9.17) is 4.74 Å². The van der Waals surface area contributed by atoms with E-state index in [-0.39, 0.29) is 5.91 Å². The van der Waals surface area contributed by atoms with Crippen LogP contribution < -0.4 is 10.2 Å². The number of hydrogen-bond acceptors (Lipinski definition) is 3.